The summed E-state index contributed by atoms with van der Waals surface area (Å²) in [5, 5.41) is 5.04. The van der Waals surface area contributed by atoms with Crippen LogP contribution in [-0.4, -0.2) is 32.2 Å². The van der Waals surface area contributed by atoms with Crippen LogP contribution in [0.2, 0.25) is 0 Å². The van der Waals surface area contributed by atoms with Gasteiger partial charge in [0.1, 0.15) is 0 Å². The summed E-state index contributed by atoms with van der Waals surface area (Å²) in [7, 11) is 1.79. The van der Waals surface area contributed by atoms with E-state index in [4.69, 9.17) is 4.74 Å². The second-order valence-corrected chi connectivity index (χ2v) is 7.93. The standard InChI is InChI=1S/C23H24N2O2S/c1-27-21-12-14-25(15-13-21)20-10-8-19(9-11-20)24-23(26)18-6-4-17(5-7-18)22-3-2-16-28-22/h2-11,16,21H,12-15H2,1H3,(H,24,26). The Morgan fingerprint density at radius 2 is 1.75 bits per heavy atom. The summed E-state index contributed by atoms with van der Waals surface area (Å²) in [4.78, 5) is 16.1. The third-order valence-corrected chi connectivity index (χ3v) is 6.14. The molecule has 4 rings (SSSR count). The van der Waals surface area contributed by atoms with E-state index in [9.17, 15) is 4.79 Å². The van der Waals surface area contributed by atoms with Crippen LogP contribution in [0.5, 0.6) is 0 Å². The van der Waals surface area contributed by atoms with Crippen molar-refractivity contribution in [2.75, 3.05) is 30.4 Å². The highest BCUT2D eigenvalue weighted by Crippen LogP contribution is 2.26. The first-order valence-corrected chi connectivity index (χ1v) is 10.4. The normalized spacial score (nSPS) is 14.8. The van der Waals surface area contributed by atoms with Crippen LogP contribution in [0.15, 0.2) is 66.0 Å². The number of methoxy groups -OCH3 is 1. The molecular formula is C23H24N2O2S. The number of rotatable bonds is 5. The van der Waals surface area contributed by atoms with E-state index in [0.717, 1.165) is 37.2 Å². The largest absolute Gasteiger partial charge is 0.381 e. The Balaban J connectivity index is 1.37. The number of hydrogen-bond donors (Lipinski definition) is 1. The topological polar surface area (TPSA) is 41.6 Å². The minimum Gasteiger partial charge on any atom is -0.381 e. The number of hydrogen-bond acceptors (Lipinski definition) is 4. The van der Waals surface area contributed by atoms with Gasteiger partial charge in [-0.25, -0.2) is 0 Å². The molecule has 0 spiro atoms. The van der Waals surface area contributed by atoms with Crippen LogP contribution >= 0.6 is 11.3 Å². The Bertz CT molecular complexity index is 897. The summed E-state index contributed by atoms with van der Waals surface area (Å²) in [6.45, 7) is 2.00. The van der Waals surface area contributed by atoms with Crippen molar-refractivity contribution < 1.29 is 9.53 Å². The fourth-order valence-electron chi connectivity index (χ4n) is 3.54. The summed E-state index contributed by atoms with van der Waals surface area (Å²) < 4.78 is 5.43. The lowest BCUT2D eigenvalue weighted by atomic mass is 10.1. The fraction of sp³-hybridized carbons (Fsp3) is 0.261. The number of benzene rings is 2. The predicted octanol–water partition coefficient (Wildman–Crippen LogP) is 5.28. The Kier molecular flexibility index (Phi) is 5.74. The molecule has 5 heteroatoms. The van der Waals surface area contributed by atoms with Gasteiger partial charge in [0, 0.05) is 42.0 Å². The van der Waals surface area contributed by atoms with Crippen LogP contribution in [0.25, 0.3) is 10.4 Å². The lowest BCUT2D eigenvalue weighted by molar-refractivity contribution is 0.0819. The zero-order chi connectivity index (χ0) is 19.3. The lowest BCUT2D eigenvalue weighted by Crippen LogP contribution is -2.36. The van der Waals surface area contributed by atoms with Gasteiger partial charge < -0.3 is 15.0 Å². The summed E-state index contributed by atoms with van der Waals surface area (Å²) in [6.07, 6.45) is 2.48. The van der Waals surface area contributed by atoms with E-state index >= 15 is 0 Å². The average Bonchev–Trinajstić information content (AvgIpc) is 3.29. The number of nitrogens with one attached hydrogen (secondary N) is 1. The highest BCUT2D eigenvalue weighted by atomic mass is 32.1. The maximum Gasteiger partial charge on any atom is 0.255 e. The van der Waals surface area contributed by atoms with Gasteiger partial charge in [0.15, 0.2) is 0 Å². The highest BCUT2D eigenvalue weighted by Gasteiger charge is 2.18. The Morgan fingerprint density at radius 1 is 1.04 bits per heavy atom. The molecule has 1 aromatic heterocycles. The van der Waals surface area contributed by atoms with Gasteiger partial charge in [-0.3, -0.25) is 4.79 Å². The highest BCUT2D eigenvalue weighted by molar-refractivity contribution is 7.13. The molecule has 3 aromatic rings. The van der Waals surface area contributed by atoms with Gasteiger partial charge in [-0.1, -0.05) is 18.2 Å². The summed E-state index contributed by atoms with van der Waals surface area (Å²) >= 11 is 1.70. The minimum absolute atomic E-state index is 0.0913. The molecule has 2 aromatic carbocycles. The Hall–Kier alpha value is -2.63. The molecule has 144 valence electrons. The molecule has 0 aliphatic carbocycles. The average molecular weight is 393 g/mol. The summed E-state index contributed by atoms with van der Waals surface area (Å²) in [5.74, 6) is -0.0913. The smallest absolute Gasteiger partial charge is 0.255 e. The van der Waals surface area contributed by atoms with Gasteiger partial charge in [0.05, 0.1) is 6.10 Å². The monoisotopic (exact) mass is 392 g/mol. The zero-order valence-electron chi connectivity index (χ0n) is 15.9. The first-order valence-electron chi connectivity index (χ1n) is 9.56. The molecule has 1 fully saturated rings. The van der Waals surface area contributed by atoms with Gasteiger partial charge in [0.25, 0.3) is 5.91 Å². The van der Waals surface area contributed by atoms with Gasteiger partial charge >= 0.3 is 0 Å². The number of anilines is 2. The second kappa shape index (κ2) is 8.59. The van der Waals surface area contributed by atoms with Crippen molar-refractivity contribution >= 4 is 28.6 Å². The van der Waals surface area contributed by atoms with Crippen molar-refractivity contribution in [2.24, 2.45) is 0 Å². The molecule has 28 heavy (non-hydrogen) atoms. The molecule has 4 nitrogen and oxygen atoms in total. The quantitative estimate of drug-likeness (QED) is 0.642. The molecule has 0 radical (unpaired) electrons. The van der Waals surface area contributed by atoms with E-state index in [1.807, 2.05) is 42.5 Å². The molecule has 1 amide bonds. The lowest BCUT2D eigenvalue weighted by Gasteiger charge is -2.33. The van der Waals surface area contributed by atoms with E-state index in [1.165, 1.54) is 10.6 Å². The Labute approximate surface area is 169 Å². The summed E-state index contributed by atoms with van der Waals surface area (Å²) in [6, 6.07) is 19.9. The number of amides is 1. The van der Waals surface area contributed by atoms with Gasteiger partial charge in [-0.15, -0.1) is 11.3 Å². The van der Waals surface area contributed by atoms with Crippen LogP contribution in [0.4, 0.5) is 11.4 Å². The third-order valence-electron chi connectivity index (χ3n) is 5.22. The molecule has 0 unspecified atom stereocenters. The third kappa shape index (κ3) is 4.26. The van der Waals surface area contributed by atoms with Crippen molar-refractivity contribution in [1.29, 1.82) is 0 Å². The Morgan fingerprint density at radius 3 is 2.36 bits per heavy atom. The molecule has 0 atom stereocenters. The van der Waals surface area contributed by atoms with Crippen LogP contribution < -0.4 is 10.2 Å². The van der Waals surface area contributed by atoms with Gasteiger partial charge in [-0.2, -0.15) is 0 Å². The van der Waals surface area contributed by atoms with E-state index in [-0.39, 0.29) is 5.91 Å². The molecule has 1 aliphatic rings. The van der Waals surface area contributed by atoms with E-state index < -0.39 is 0 Å². The van der Waals surface area contributed by atoms with E-state index in [2.05, 4.69) is 33.8 Å². The number of thiophene rings is 1. The minimum atomic E-state index is -0.0913. The number of piperidine rings is 1. The maximum atomic E-state index is 12.5. The molecule has 1 N–H and O–H groups in total. The maximum absolute atomic E-state index is 12.5. The molecule has 2 heterocycles. The number of nitrogens with zero attached hydrogens (tertiary/aromatic N) is 1. The fourth-order valence-corrected chi connectivity index (χ4v) is 4.27. The van der Waals surface area contributed by atoms with Crippen molar-refractivity contribution in [3.8, 4) is 10.4 Å². The van der Waals surface area contributed by atoms with Crippen LogP contribution in [0.3, 0.4) is 0 Å². The van der Waals surface area contributed by atoms with Crippen LogP contribution in [-0.2, 0) is 4.74 Å². The van der Waals surface area contributed by atoms with Crippen LogP contribution in [0, 0.1) is 0 Å². The number of carbonyl (C=O) groups excluding carboxylic acids is 1. The van der Waals surface area contributed by atoms with Crippen molar-refractivity contribution in [3.63, 3.8) is 0 Å². The second-order valence-electron chi connectivity index (χ2n) is 6.98. The zero-order valence-corrected chi connectivity index (χ0v) is 16.7. The SMILES string of the molecule is COC1CCN(c2ccc(NC(=O)c3ccc(-c4cccs4)cc3)cc2)CC1. The van der Waals surface area contributed by atoms with E-state index in [0.29, 0.717) is 11.7 Å². The van der Waals surface area contributed by atoms with Crippen LogP contribution in [0.1, 0.15) is 23.2 Å². The first kappa shape index (κ1) is 18.7. The molecule has 0 bridgehead atoms. The molecule has 1 saturated heterocycles. The molecule has 0 saturated carbocycles. The van der Waals surface area contributed by atoms with Gasteiger partial charge in [0.2, 0.25) is 0 Å². The number of carbonyl (C=O) groups is 1. The van der Waals surface area contributed by atoms with Crippen molar-refractivity contribution in [3.05, 3.63) is 71.6 Å². The van der Waals surface area contributed by atoms with Gasteiger partial charge in [-0.05, 0) is 66.2 Å². The van der Waals surface area contributed by atoms with Crippen molar-refractivity contribution in [1.82, 2.24) is 0 Å². The summed E-state index contributed by atoms with van der Waals surface area (Å²) in [5.41, 5.74) is 3.79. The van der Waals surface area contributed by atoms with E-state index in [1.54, 1.807) is 18.4 Å². The number of ether oxygens (including phenoxy) is 1. The molecule has 1 aliphatic heterocycles. The predicted molar refractivity (Wildman–Crippen MR) is 116 cm³/mol. The first-order chi connectivity index (χ1) is 13.7. The molecular weight excluding hydrogens is 368 g/mol. The van der Waals surface area contributed by atoms with Crippen molar-refractivity contribution in [2.45, 2.75) is 18.9 Å².